The van der Waals surface area contributed by atoms with E-state index < -0.39 is 6.10 Å². The van der Waals surface area contributed by atoms with Crippen LogP contribution in [0.3, 0.4) is 0 Å². The zero-order valence-electron chi connectivity index (χ0n) is 8.72. The monoisotopic (exact) mass is 264 g/mol. The number of hydrogen-bond donors (Lipinski definition) is 3. The van der Waals surface area contributed by atoms with Crippen LogP contribution in [0.25, 0.3) is 0 Å². The Morgan fingerprint density at radius 3 is 2.81 bits per heavy atom. The minimum atomic E-state index is -0.789. The summed E-state index contributed by atoms with van der Waals surface area (Å²) in [7, 11) is 0. The number of rotatable bonds is 6. The van der Waals surface area contributed by atoms with Crippen molar-refractivity contribution in [2.45, 2.75) is 18.2 Å². The third-order valence-electron chi connectivity index (χ3n) is 1.54. The van der Waals surface area contributed by atoms with E-state index in [4.69, 9.17) is 16.7 Å². The van der Waals surface area contributed by atoms with Gasteiger partial charge in [-0.3, -0.25) is 0 Å². The standard InChI is InChI=1S/C8H13ClN4O2S/c1-2-10-7-11-6(9)12-8(13-7)16-4-5(15)3-14/h5,14-15H,2-4H2,1H3,(H,10,11,12,13). The summed E-state index contributed by atoms with van der Waals surface area (Å²) >= 11 is 6.92. The molecule has 1 heterocycles. The van der Waals surface area contributed by atoms with Crippen LogP contribution < -0.4 is 5.32 Å². The number of nitrogens with one attached hydrogen (secondary N) is 1. The van der Waals surface area contributed by atoms with Crippen molar-refractivity contribution in [2.24, 2.45) is 0 Å². The number of aromatic nitrogens is 3. The molecule has 0 spiro atoms. The number of nitrogens with zero attached hydrogens (tertiary/aromatic N) is 3. The van der Waals surface area contributed by atoms with E-state index >= 15 is 0 Å². The van der Waals surface area contributed by atoms with Crippen molar-refractivity contribution in [3.05, 3.63) is 5.28 Å². The fourth-order valence-electron chi connectivity index (χ4n) is 0.857. The number of hydrogen-bond acceptors (Lipinski definition) is 7. The maximum absolute atomic E-state index is 9.17. The number of aliphatic hydroxyl groups is 2. The first-order chi connectivity index (χ1) is 7.65. The lowest BCUT2D eigenvalue weighted by Crippen LogP contribution is -2.15. The molecule has 0 fully saturated rings. The zero-order chi connectivity index (χ0) is 12.0. The highest BCUT2D eigenvalue weighted by atomic mass is 35.5. The Hall–Kier alpha value is -0.630. The van der Waals surface area contributed by atoms with Gasteiger partial charge in [-0.25, -0.2) is 0 Å². The topological polar surface area (TPSA) is 91.2 Å². The van der Waals surface area contributed by atoms with Crippen molar-refractivity contribution in [3.63, 3.8) is 0 Å². The summed E-state index contributed by atoms with van der Waals surface area (Å²) in [5, 5.41) is 21.3. The predicted octanol–water partition coefficient (Wildman–Crippen LogP) is 0.402. The smallest absolute Gasteiger partial charge is 0.228 e. The molecular formula is C8H13ClN4O2S. The molecule has 0 aliphatic carbocycles. The van der Waals surface area contributed by atoms with Gasteiger partial charge in [0.05, 0.1) is 12.7 Å². The summed E-state index contributed by atoms with van der Waals surface area (Å²) in [4.78, 5) is 11.9. The van der Waals surface area contributed by atoms with E-state index in [1.807, 2.05) is 6.92 Å². The Kier molecular flexibility index (Phi) is 5.75. The second-order valence-electron chi connectivity index (χ2n) is 2.89. The van der Waals surface area contributed by atoms with Crippen LogP contribution in [0.1, 0.15) is 6.92 Å². The van der Waals surface area contributed by atoms with Gasteiger partial charge in [0.2, 0.25) is 11.2 Å². The summed E-state index contributed by atoms with van der Waals surface area (Å²) in [5.74, 6) is 0.714. The van der Waals surface area contributed by atoms with Gasteiger partial charge in [0.15, 0.2) is 5.16 Å². The Morgan fingerprint density at radius 1 is 1.44 bits per heavy atom. The Balaban J connectivity index is 2.64. The van der Waals surface area contributed by atoms with Crippen molar-refractivity contribution in [2.75, 3.05) is 24.2 Å². The molecule has 3 N–H and O–H groups in total. The number of anilines is 1. The van der Waals surface area contributed by atoms with Crippen LogP contribution in [0.2, 0.25) is 5.28 Å². The molecule has 90 valence electrons. The second-order valence-corrected chi connectivity index (χ2v) is 4.21. The maximum Gasteiger partial charge on any atom is 0.228 e. The van der Waals surface area contributed by atoms with Crippen LogP contribution >= 0.6 is 23.4 Å². The highest BCUT2D eigenvalue weighted by Gasteiger charge is 2.08. The summed E-state index contributed by atoms with van der Waals surface area (Å²) in [6, 6.07) is 0. The first kappa shape index (κ1) is 13.4. The molecule has 1 aromatic rings. The molecule has 0 aromatic carbocycles. The Labute approximate surface area is 102 Å². The molecule has 0 bridgehead atoms. The lowest BCUT2D eigenvalue weighted by molar-refractivity contribution is 0.113. The van der Waals surface area contributed by atoms with Crippen LogP contribution in [0.5, 0.6) is 0 Å². The Morgan fingerprint density at radius 2 is 2.19 bits per heavy atom. The van der Waals surface area contributed by atoms with E-state index in [1.54, 1.807) is 0 Å². The van der Waals surface area contributed by atoms with Crippen LogP contribution in [-0.4, -0.2) is 50.2 Å². The molecule has 0 aliphatic heterocycles. The van der Waals surface area contributed by atoms with Crippen LogP contribution in [0.15, 0.2) is 5.16 Å². The van der Waals surface area contributed by atoms with E-state index in [2.05, 4.69) is 20.3 Å². The van der Waals surface area contributed by atoms with Gasteiger partial charge >= 0.3 is 0 Å². The second kappa shape index (κ2) is 6.85. The number of halogens is 1. The van der Waals surface area contributed by atoms with Crippen LogP contribution in [-0.2, 0) is 0 Å². The van der Waals surface area contributed by atoms with Gasteiger partial charge in [0.1, 0.15) is 0 Å². The third-order valence-corrected chi connectivity index (χ3v) is 2.70. The molecule has 16 heavy (non-hydrogen) atoms. The summed E-state index contributed by atoms with van der Waals surface area (Å²) < 4.78 is 0. The van der Waals surface area contributed by atoms with Gasteiger partial charge in [0.25, 0.3) is 0 Å². The minimum absolute atomic E-state index is 0.104. The van der Waals surface area contributed by atoms with Gasteiger partial charge in [-0.15, -0.1) is 0 Å². The summed E-state index contributed by atoms with van der Waals surface area (Å²) in [6.07, 6.45) is -0.789. The van der Waals surface area contributed by atoms with E-state index in [1.165, 1.54) is 11.8 Å². The summed E-state index contributed by atoms with van der Waals surface area (Å²) in [6.45, 7) is 2.32. The molecule has 1 aromatic heterocycles. The van der Waals surface area contributed by atoms with Gasteiger partial charge in [-0.05, 0) is 18.5 Å². The van der Waals surface area contributed by atoms with Crippen LogP contribution in [0, 0.1) is 0 Å². The molecule has 0 radical (unpaired) electrons. The molecule has 8 heteroatoms. The lowest BCUT2D eigenvalue weighted by Gasteiger charge is -2.06. The molecule has 1 rings (SSSR count). The maximum atomic E-state index is 9.17. The Bertz CT molecular complexity index is 342. The van der Waals surface area contributed by atoms with Gasteiger partial charge in [-0.2, -0.15) is 15.0 Å². The molecule has 0 amide bonds. The normalized spacial score (nSPS) is 12.5. The van der Waals surface area contributed by atoms with Crippen molar-refractivity contribution >= 4 is 29.3 Å². The van der Waals surface area contributed by atoms with E-state index in [-0.39, 0.29) is 11.9 Å². The van der Waals surface area contributed by atoms with Gasteiger partial charge < -0.3 is 15.5 Å². The number of thioether (sulfide) groups is 1. The fourth-order valence-corrected chi connectivity index (χ4v) is 1.82. The molecule has 1 unspecified atom stereocenters. The quantitative estimate of drug-likeness (QED) is 0.641. The van der Waals surface area contributed by atoms with E-state index in [0.29, 0.717) is 23.4 Å². The molecular weight excluding hydrogens is 252 g/mol. The first-order valence-corrected chi connectivity index (χ1v) is 6.09. The van der Waals surface area contributed by atoms with Crippen LogP contribution in [0.4, 0.5) is 5.95 Å². The van der Waals surface area contributed by atoms with E-state index in [9.17, 15) is 5.11 Å². The summed E-state index contributed by atoms with van der Waals surface area (Å²) in [5.41, 5.74) is 0. The lowest BCUT2D eigenvalue weighted by atomic mass is 10.4. The first-order valence-electron chi connectivity index (χ1n) is 4.73. The van der Waals surface area contributed by atoms with Crippen molar-refractivity contribution < 1.29 is 10.2 Å². The largest absolute Gasteiger partial charge is 0.394 e. The van der Waals surface area contributed by atoms with Crippen molar-refractivity contribution in [1.82, 2.24) is 15.0 Å². The minimum Gasteiger partial charge on any atom is -0.394 e. The average Bonchev–Trinajstić information content (AvgIpc) is 2.25. The van der Waals surface area contributed by atoms with Gasteiger partial charge in [-0.1, -0.05) is 11.8 Å². The van der Waals surface area contributed by atoms with Crippen molar-refractivity contribution in [1.29, 1.82) is 0 Å². The molecule has 1 atom stereocenters. The SMILES string of the molecule is CCNc1nc(Cl)nc(SCC(O)CO)n1. The van der Waals surface area contributed by atoms with Gasteiger partial charge in [0, 0.05) is 12.3 Å². The molecule has 0 saturated heterocycles. The molecule has 0 aliphatic rings. The molecule has 0 saturated carbocycles. The zero-order valence-corrected chi connectivity index (χ0v) is 10.3. The average molecular weight is 265 g/mol. The van der Waals surface area contributed by atoms with E-state index in [0.717, 1.165) is 0 Å². The predicted molar refractivity (Wildman–Crippen MR) is 62.8 cm³/mol. The fraction of sp³-hybridized carbons (Fsp3) is 0.625. The molecule has 6 nitrogen and oxygen atoms in total. The highest BCUT2D eigenvalue weighted by molar-refractivity contribution is 7.99. The highest BCUT2D eigenvalue weighted by Crippen LogP contribution is 2.17. The van der Waals surface area contributed by atoms with Crippen molar-refractivity contribution in [3.8, 4) is 0 Å². The third kappa shape index (κ3) is 4.48. The number of aliphatic hydroxyl groups excluding tert-OH is 2.